The molecule has 14 heavy (non-hydrogen) atoms. The summed E-state index contributed by atoms with van der Waals surface area (Å²) in [7, 11) is 0. The van der Waals surface area contributed by atoms with Gasteiger partial charge in [0.15, 0.2) is 5.79 Å². The average Bonchev–Trinajstić information content (AvgIpc) is 2.60. The highest BCUT2D eigenvalue weighted by Gasteiger charge is 2.50. The van der Waals surface area contributed by atoms with Crippen molar-refractivity contribution in [3.05, 3.63) is 34.4 Å². The fraction of sp³-hybridized carbons (Fsp3) is 0.500. The van der Waals surface area contributed by atoms with E-state index in [9.17, 15) is 0 Å². The largest absolute Gasteiger partial charge is 0.343 e. The van der Waals surface area contributed by atoms with Crippen LogP contribution in [0.25, 0.3) is 0 Å². The Balaban J connectivity index is 1.92. The smallest absolute Gasteiger partial charge is 0.199 e. The van der Waals surface area contributed by atoms with E-state index in [0.29, 0.717) is 0 Å². The number of hydrogen-bond acceptors (Lipinski definition) is 2. The second-order valence-electron chi connectivity index (χ2n) is 4.36. The van der Waals surface area contributed by atoms with Crippen molar-refractivity contribution >= 4 is 0 Å². The summed E-state index contributed by atoms with van der Waals surface area (Å²) < 4.78 is 11.5. The highest BCUT2D eigenvalue weighted by atomic mass is 16.7. The van der Waals surface area contributed by atoms with Gasteiger partial charge in [0.25, 0.3) is 0 Å². The van der Waals surface area contributed by atoms with Crippen LogP contribution in [-0.4, -0.2) is 13.2 Å². The maximum absolute atomic E-state index is 5.75. The van der Waals surface area contributed by atoms with Crippen LogP contribution in [0.1, 0.15) is 22.3 Å². The van der Waals surface area contributed by atoms with Crippen molar-refractivity contribution in [3.63, 3.8) is 0 Å². The fourth-order valence-electron chi connectivity index (χ4n) is 2.90. The van der Waals surface area contributed by atoms with Gasteiger partial charge in [-0.15, -0.1) is 0 Å². The molecule has 0 aromatic heterocycles. The highest BCUT2D eigenvalue weighted by molar-refractivity contribution is 5.54. The number of benzene rings is 1. The van der Waals surface area contributed by atoms with Crippen LogP contribution in [0.3, 0.4) is 0 Å². The Hall–Kier alpha value is -0.860. The topological polar surface area (TPSA) is 18.5 Å². The molecule has 1 spiro atoms. The molecule has 72 valence electrons. The van der Waals surface area contributed by atoms with Gasteiger partial charge in [-0.05, 0) is 29.5 Å². The normalized spacial score (nSPS) is 25.1. The minimum Gasteiger partial charge on any atom is -0.343 e. The summed E-state index contributed by atoms with van der Waals surface area (Å²) >= 11 is 0. The van der Waals surface area contributed by atoms with Crippen molar-refractivity contribution in [2.75, 3.05) is 13.2 Å². The van der Waals surface area contributed by atoms with E-state index in [0.717, 1.165) is 19.6 Å². The van der Waals surface area contributed by atoms with Gasteiger partial charge in [0.2, 0.25) is 0 Å². The van der Waals surface area contributed by atoms with E-state index >= 15 is 0 Å². The third kappa shape index (κ3) is 0.677. The molecule has 1 aliphatic heterocycles. The van der Waals surface area contributed by atoms with Crippen LogP contribution in [0, 0.1) is 0 Å². The Kier molecular flexibility index (Phi) is 1.17. The number of fused-ring (bicyclic) bond motifs is 4. The summed E-state index contributed by atoms with van der Waals surface area (Å²) in [5.41, 5.74) is 5.82. The quantitative estimate of drug-likeness (QED) is 0.615. The molecule has 0 bridgehead atoms. The van der Waals surface area contributed by atoms with Gasteiger partial charge in [-0.25, -0.2) is 0 Å². The van der Waals surface area contributed by atoms with Crippen LogP contribution in [0.5, 0.6) is 0 Å². The molecule has 0 amide bonds. The van der Waals surface area contributed by atoms with Gasteiger partial charge in [0, 0.05) is 12.0 Å². The van der Waals surface area contributed by atoms with E-state index in [2.05, 4.69) is 12.1 Å². The lowest BCUT2D eigenvalue weighted by molar-refractivity contribution is -0.183. The van der Waals surface area contributed by atoms with Crippen molar-refractivity contribution < 1.29 is 9.47 Å². The SMILES string of the molecule is c1cc2c(c3c1CC3)C1(C2)OCCO1. The summed E-state index contributed by atoms with van der Waals surface area (Å²) in [5, 5.41) is 0. The summed E-state index contributed by atoms with van der Waals surface area (Å²) in [6.45, 7) is 1.51. The van der Waals surface area contributed by atoms with Gasteiger partial charge in [0.05, 0.1) is 13.2 Å². The van der Waals surface area contributed by atoms with Crippen LogP contribution in [0.15, 0.2) is 12.1 Å². The third-order valence-electron chi connectivity index (χ3n) is 3.70. The molecular weight excluding hydrogens is 176 g/mol. The zero-order chi connectivity index (χ0) is 9.17. The zero-order valence-electron chi connectivity index (χ0n) is 8.01. The Morgan fingerprint density at radius 1 is 1.00 bits per heavy atom. The molecule has 0 unspecified atom stereocenters. The van der Waals surface area contributed by atoms with Gasteiger partial charge in [0.1, 0.15) is 0 Å². The van der Waals surface area contributed by atoms with E-state index in [1.807, 2.05) is 0 Å². The monoisotopic (exact) mass is 188 g/mol. The van der Waals surface area contributed by atoms with E-state index in [1.165, 1.54) is 35.1 Å². The molecule has 2 aliphatic carbocycles. The van der Waals surface area contributed by atoms with Gasteiger partial charge < -0.3 is 9.47 Å². The molecular formula is C12H12O2. The summed E-state index contributed by atoms with van der Waals surface area (Å²) in [6.07, 6.45) is 3.40. The summed E-state index contributed by atoms with van der Waals surface area (Å²) in [4.78, 5) is 0. The molecule has 1 heterocycles. The maximum Gasteiger partial charge on any atom is 0.199 e. The molecule has 1 fully saturated rings. The highest BCUT2D eigenvalue weighted by Crippen LogP contribution is 2.50. The van der Waals surface area contributed by atoms with Crippen LogP contribution in [0.4, 0.5) is 0 Å². The molecule has 0 atom stereocenters. The average molecular weight is 188 g/mol. The lowest BCUT2D eigenvalue weighted by atomic mass is 9.71. The van der Waals surface area contributed by atoms with E-state index < -0.39 is 0 Å². The minimum absolute atomic E-state index is 0.318. The van der Waals surface area contributed by atoms with E-state index in [-0.39, 0.29) is 5.79 Å². The molecule has 0 N–H and O–H groups in total. The van der Waals surface area contributed by atoms with Crippen LogP contribution in [-0.2, 0) is 34.5 Å². The molecule has 2 heteroatoms. The first-order valence-electron chi connectivity index (χ1n) is 5.31. The lowest BCUT2D eigenvalue weighted by Gasteiger charge is -2.43. The molecule has 1 aromatic rings. The van der Waals surface area contributed by atoms with Gasteiger partial charge in [-0.1, -0.05) is 12.1 Å². The van der Waals surface area contributed by atoms with Gasteiger partial charge >= 0.3 is 0 Å². The van der Waals surface area contributed by atoms with E-state index in [1.54, 1.807) is 0 Å². The van der Waals surface area contributed by atoms with Gasteiger partial charge in [-0.2, -0.15) is 0 Å². The summed E-state index contributed by atoms with van der Waals surface area (Å²) in [5.74, 6) is -0.318. The molecule has 1 saturated heterocycles. The molecule has 2 nitrogen and oxygen atoms in total. The van der Waals surface area contributed by atoms with Crippen molar-refractivity contribution in [2.24, 2.45) is 0 Å². The van der Waals surface area contributed by atoms with Gasteiger partial charge in [-0.3, -0.25) is 0 Å². The first-order valence-corrected chi connectivity index (χ1v) is 5.31. The molecule has 4 rings (SSSR count). The Morgan fingerprint density at radius 3 is 2.50 bits per heavy atom. The van der Waals surface area contributed by atoms with Crippen molar-refractivity contribution in [1.29, 1.82) is 0 Å². The first kappa shape index (κ1) is 7.43. The van der Waals surface area contributed by atoms with Crippen LogP contribution >= 0.6 is 0 Å². The molecule has 0 saturated carbocycles. The third-order valence-corrected chi connectivity index (χ3v) is 3.70. The molecule has 3 aliphatic rings. The van der Waals surface area contributed by atoms with Crippen LogP contribution < -0.4 is 0 Å². The lowest BCUT2D eigenvalue weighted by Crippen LogP contribution is -2.42. The predicted molar refractivity (Wildman–Crippen MR) is 51.1 cm³/mol. The Labute approximate surface area is 82.8 Å². The first-order chi connectivity index (χ1) is 6.89. The standard InChI is InChI=1S/C12H12O2/c1-2-9-7-12(13-5-6-14-12)11(9)10-4-3-8(1)10/h1-2H,3-7H2. The fourth-order valence-corrected chi connectivity index (χ4v) is 2.90. The van der Waals surface area contributed by atoms with E-state index in [4.69, 9.17) is 9.47 Å². The number of rotatable bonds is 0. The summed E-state index contributed by atoms with van der Waals surface area (Å²) in [6, 6.07) is 4.50. The maximum atomic E-state index is 5.75. The minimum atomic E-state index is -0.318. The molecule has 1 aromatic carbocycles. The van der Waals surface area contributed by atoms with Crippen molar-refractivity contribution in [3.8, 4) is 0 Å². The molecule has 0 radical (unpaired) electrons. The number of aryl methyl sites for hydroxylation is 1. The Morgan fingerprint density at radius 2 is 1.79 bits per heavy atom. The Bertz CT molecular complexity index is 417. The predicted octanol–water partition coefficient (Wildman–Crippen LogP) is 1.54. The zero-order valence-corrected chi connectivity index (χ0v) is 8.01. The number of hydrogen-bond donors (Lipinski definition) is 0. The van der Waals surface area contributed by atoms with Crippen molar-refractivity contribution in [1.82, 2.24) is 0 Å². The second kappa shape index (κ2) is 2.20. The van der Waals surface area contributed by atoms with Crippen LogP contribution in [0.2, 0.25) is 0 Å². The van der Waals surface area contributed by atoms with Crippen molar-refractivity contribution in [2.45, 2.75) is 25.0 Å². The second-order valence-corrected chi connectivity index (χ2v) is 4.36. The number of ether oxygens (including phenoxy) is 2.